The number of rotatable bonds is 1. The molecule has 2 fully saturated rings. The van der Waals surface area contributed by atoms with E-state index in [1.165, 1.54) is 0 Å². The number of likely N-dealkylation sites (tertiary alicyclic amines) is 1. The molecule has 1 aliphatic carbocycles. The van der Waals surface area contributed by atoms with Crippen LogP contribution < -0.4 is 5.73 Å². The second kappa shape index (κ2) is 3.87. The largest absolute Gasteiger partial charge is 0.389 e. The third-order valence-electron chi connectivity index (χ3n) is 3.24. The fraction of sp³-hybridized carbons (Fsp3) is 0.900. The van der Waals surface area contributed by atoms with Crippen molar-refractivity contribution in [3.63, 3.8) is 0 Å². The highest BCUT2D eigenvalue weighted by Crippen LogP contribution is 2.26. The van der Waals surface area contributed by atoms with E-state index >= 15 is 0 Å². The Morgan fingerprint density at radius 2 is 2.07 bits per heavy atom. The molecule has 0 spiro atoms. The summed E-state index contributed by atoms with van der Waals surface area (Å²) >= 11 is 0. The van der Waals surface area contributed by atoms with E-state index in [-0.39, 0.29) is 24.0 Å². The summed E-state index contributed by atoms with van der Waals surface area (Å²) in [5.41, 5.74) is 5.83. The summed E-state index contributed by atoms with van der Waals surface area (Å²) in [6.07, 6.45) is 3.61. The van der Waals surface area contributed by atoms with Crippen LogP contribution in [0.25, 0.3) is 0 Å². The number of aliphatic hydroxyl groups excluding tert-OH is 1. The maximum absolute atomic E-state index is 11.8. The fourth-order valence-electron chi connectivity index (χ4n) is 2.35. The zero-order valence-corrected chi connectivity index (χ0v) is 8.35. The standard InChI is InChI=1S/C10H18N2O2/c11-8-3-1-2-7(4-8)10(14)12-5-9(13)6-12/h7-9,13H,1-6,11H2. The molecule has 14 heavy (non-hydrogen) atoms. The lowest BCUT2D eigenvalue weighted by Gasteiger charge is -2.39. The molecule has 3 N–H and O–H groups in total. The van der Waals surface area contributed by atoms with Crippen molar-refractivity contribution in [1.29, 1.82) is 0 Å². The summed E-state index contributed by atoms with van der Waals surface area (Å²) in [6, 6.07) is 0.198. The summed E-state index contributed by atoms with van der Waals surface area (Å²) in [5.74, 6) is 0.316. The van der Waals surface area contributed by atoms with Gasteiger partial charge in [-0.05, 0) is 19.3 Å². The SMILES string of the molecule is NC1CCCC(C(=O)N2CC(O)C2)C1. The number of nitrogens with two attached hydrogens (primary N) is 1. The molecule has 2 rings (SSSR count). The molecule has 1 aliphatic heterocycles. The quantitative estimate of drug-likeness (QED) is 0.608. The van der Waals surface area contributed by atoms with Gasteiger partial charge < -0.3 is 15.7 Å². The van der Waals surface area contributed by atoms with E-state index in [1.54, 1.807) is 4.90 Å². The topological polar surface area (TPSA) is 66.6 Å². The highest BCUT2D eigenvalue weighted by molar-refractivity contribution is 5.79. The van der Waals surface area contributed by atoms with Gasteiger partial charge in [0.25, 0.3) is 0 Å². The summed E-state index contributed by atoms with van der Waals surface area (Å²) in [5, 5.41) is 9.10. The van der Waals surface area contributed by atoms with Gasteiger partial charge in [-0.3, -0.25) is 4.79 Å². The minimum absolute atomic E-state index is 0.117. The first-order valence-corrected chi connectivity index (χ1v) is 5.39. The highest BCUT2D eigenvalue weighted by Gasteiger charge is 2.34. The summed E-state index contributed by atoms with van der Waals surface area (Å²) < 4.78 is 0. The summed E-state index contributed by atoms with van der Waals surface area (Å²) in [7, 11) is 0. The minimum atomic E-state index is -0.295. The molecule has 2 atom stereocenters. The third kappa shape index (κ3) is 1.91. The van der Waals surface area contributed by atoms with E-state index in [4.69, 9.17) is 10.8 Å². The molecule has 0 aromatic carbocycles. The average Bonchev–Trinajstić information content (AvgIpc) is 2.12. The lowest BCUT2D eigenvalue weighted by atomic mass is 9.84. The van der Waals surface area contributed by atoms with Crippen molar-refractivity contribution in [3.8, 4) is 0 Å². The van der Waals surface area contributed by atoms with Crippen molar-refractivity contribution in [2.75, 3.05) is 13.1 Å². The molecule has 4 heteroatoms. The van der Waals surface area contributed by atoms with Crippen LogP contribution >= 0.6 is 0 Å². The van der Waals surface area contributed by atoms with Crippen molar-refractivity contribution >= 4 is 5.91 Å². The zero-order valence-electron chi connectivity index (χ0n) is 8.35. The monoisotopic (exact) mass is 198 g/mol. The van der Waals surface area contributed by atoms with E-state index in [0.29, 0.717) is 13.1 Å². The van der Waals surface area contributed by atoms with Gasteiger partial charge in [0.2, 0.25) is 5.91 Å². The number of carbonyl (C=O) groups is 1. The average molecular weight is 198 g/mol. The van der Waals surface area contributed by atoms with Gasteiger partial charge in [-0.1, -0.05) is 6.42 Å². The van der Waals surface area contributed by atoms with E-state index < -0.39 is 0 Å². The molecule has 2 unspecified atom stereocenters. The molecule has 1 saturated heterocycles. The lowest BCUT2D eigenvalue weighted by Crippen LogP contribution is -2.56. The fourth-order valence-corrected chi connectivity index (χ4v) is 2.35. The van der Waals surface area contributed by atoms with Crippen molar-refractivity contribution < 1.29 is 9.90 Å². The van der Waals surface area contributed by atoms with Gasteiger partial charge in [0.15, 0.2) is 0 Å². The Morgan fingerprint density at radius 3 is 2.64 bits per heavy atom. The van der Waals surface area contributed by atoms with Gasteiger partial charge in [0, 0.05) is 25.0 Å². The molecule has 0 aromatic rings. The number of carbonyl (C=O) groups excluding carboxylic acids is 1. The molecular weight excluding hydrogens is 180 g/mol. The van der Waals surface area contributed by atoms with Gasteiger partial charge in [-0.2, -0.15) is 0 Å². The van der Waals surface area contributed by atoms with Crippen LogP contribution in [-0.2, 0) is 4.79 Å². The van der Waals surface area contributed by atoms with Crippen LogP contribution in [0.15, 0.2) is 0 Å². The van der Waals surface area contributed by atoms with Gasteiger partial charge in [0.05, 0.1) is 6.10 Å². The van der Waals surface area contributed by atoms with Crippen LogP contribution in [0.3, 0.4) is 0 Å². The van der Waals surface area contributed by atoms with Gasteiger partial charge in [0.1, 0.15) is 0 Å². The lowest BCUT2D eigenvalue weighted by molar-refractivity contribution is -0.146. The van der Waals surface area contributed by atoms with E-state index in [2.05, 4.69) is 0 Å². The van der Waals surface area contributed by atoms with Crippen LogP contribution in [-0.4, -0.2) is 41.1 Å². The Labute approximate surface area is 84.1 Å². The molecule has 0 bridgehead atoms. The number of amides is 1. The van der Waals surface area contributed by atoms with Gasteiger partial charge in [-0.15, -0.1) is 0 Å². The predicted octanol–water partition coefficient (Wildman–Crippen LogP) is -0.293. The Hall–Kier alpha value is -0.610. The second-order valence-electron chi connectivity index (χ2n) is 4.52. The van der Waals surface area contributed by atoms with Crippen LogP contribution in [0.5, 0.6) is 0 Å². The molecule has 4 nitrogen and oxygen atoms in total. The maximum Gasteiger partial charge on any atom is 0.225 e. The van der Waals surface area contributed by atoms with Crippen molar-refractivity contribution in [3.05, 3.63) is 0 Å². The molecule has 1 amide bonds. The second-order valence-corrected chi connectivity index (χ2v) is 4.52. The van der Waals surface area contributed by atoms with E-state index in [0.717, 1.165) is 25.7 Å². The Bertz CT molecular complexity index is 226. The zero-order chi connectivity index (χ0) is 10.1. The van der Waals surface area contributed by atoms with E-state index in [9.17, 15) is 4.79 Å². The van der Waals surface area contributed by atoms with Crippen molar-refractivity contribution in [1.82, 2.24) is 4.90 Å². The maximum atomic E-state index is 11.8. The number of aliphatic hydroxyl groups is 1. The molecule has 0 radical (unpaired) electrons. The summed E-state index contributed by atoms with van der Waals surface area (Å²) in [4.78, 5) is 13.6. The summed E-state index contributed by atoms with van der Waals surface area (Å²) in [6.45, 7) is 1.04. The molecule has 2 aliphatic rings. The number of β-amino-alcohol motifs (C(OH)–C–C–N with tert-alkyl or cyclic N) is 1. The predicted molar refractivity (Wildman–Crippen MR) is 52.5 cm³/mol. The van der Waals surface area contributed by atoms with Crippen molar-refractivity contribution in [2.45, 2.75) is 37.8 Å². The normalized spacial score (nSPS) is 34.0. The molecule has 1 heterocycles. The third-order valence-corrected chi connectivity index (χ3v) is 3.24. The molecule has 80 valence electrons. The van der Waals surface area contributed by atoms with Crippen LogP contribution in [0, 0.1) is 5.92 Å². The first kappa shape index (κ1) is 9.93. The molecule has 0 aromatic heterocycles. The molecular formula is C10H18N2O2. The minimum Gasteiger partial charge on any atom is -0.389 e. The Balaban J connectivity index is 1.85. The Kier molecular flexibility index (Phi) is 2.74. The first-order chi connectivity index (χ1) is 6.66. The number of hydrogen-bond donors (Lipinski definition) is 2. The number of hydrogen-bond acceptors (Lipinski definition) is 3. The van der Waals surface area contributed by atoms with Gasteiger partial charge in [-0.25, -0.2) is 0 Å². The van der Waals surface area contributed by atoms with Crippen LogP contribution in [0.2, 0.25) is 0 Å². The van der Waals surface area contributed by atoms with Crippen LogP contribution in [0.1, 0.15) is 25.7 Å². The molecule has 1 saturated carbocycles. The smallest absolute Gasteiger partial charge is 0.225 e. The van der Waals surface area contributed by atoms with Crippen LogP contribution in [0.4, 0.5) is 0 Å². The number of nitrogens with zero attached hydrogens (tertiary/aromatic N) is 1. The van der Waals surface area contributed by atoms with Gasteiger partial charge >= 0.3 is 0 Å². The Morgan fingerprint density at radius 1 is 1.36 bits per heavy atom. The van der Waals surface area contributed by atoms with Crippen molar-refractivity contribution in [2.24, 2.45) is 11.7 Å². The van der Waals surface area contributed by atoms with E-state index in [1.807, 2.05) is 0 Å². The highest BCUT2D eigenvalue weighted by atomic mass is 16.3. The first-order valence-electron chi connectivity index (χ1n) is 5.39.